The first-order valence-electron chi connectivity index (χ1n) is 5.29. The first-order chi connectivity index (χ1) is 8.97. The van der Waals surface area contributed by atoms with Gasteiger partial charge in [0.1, 0.15) is 4.99 Å². The van der Waals surface area contributed by atoms with E-state index < -0.39 is 0 Å². The van der Waals surface area contributed by atoms with Gasteiger partial charge in [0.05, 0.1) is 11.4 Å². The fourth-order valence-corrected chi connectivity index (χ4v) is 2.89. The van der Waals surface area contributed by atoms with Crippen molar-refractivity contribution in [2.75, 3.05) is 5.32 Å². The second-order valence-corrected chi connectivity index (χ2v) is 6.39. The molecule has 0 saturated carbocycles. The summed E-state index contributed by atoms with van der Waals surface area (Å²) < 4.78 is 1.78. The van der Waals surface area contributed by atoms with Gasteiger partial charge < -0.3 is 11.1 Å². The number of hydrogen-bond donors (Lipinski definition) is 2. The Hall–Kier alpha value is -0.620. The third kappa shape index (κ3) is 3.69. The van der Waals surface area contributed by atoms with Crippen LogP contribution in [0.25, 0.3) is 0 Å². The van der Waals surface area contributed by atoms with Gasteiger partial charge in [-0.3, -0.25) is 0 Å². The summed E-state index contributed by atoms with van der Waals surface area (Å²) in [5, 5.41) is 3.98. The second kappa shape index (κ2) is 6.22. The fraction of sp³-hybridized carbons (Fsp3) is 0. The van der Waals surface area contributed by atoms with Gasteiger partial charge in [-0.25, -0.2) is 0 Å². The predicted molar refractivity (Wildman–Crippen MR) is 92.5 cm³/mol. The molecule has 0 bridgehead atoms. The van der Waals surface area contributed by atoms with Gasteiger partial charge in [-0.15, -0.1) is 0 Å². The van der Waals surface area contributed by atoms with E-state index in [1.807, 2.05) is 36.4 Å². The van der Waals surface area contributed by atoms with Gasteiger partial charge in [0.2, 0.25) is 0 Å². The fourth-order valence-electron chi connectivity index (χ4n) is 1.51. The molecule has 0 atom stereocenters. The topological polar surface area (TPSA) is 38.0 Å². The molecule has 0 fully saturated rings. The molecule has 0 heterocycles. The summed E-state index contributed by atoms with van der Waals surface area (Å²) in [5.74, 6) is 0. The largest absolute Gasteiger partial charge is 0.389 e. The van der Waals surface area contributed by atoms with Crippen molar-refractivity contribution in [2.24, 2.45) is 5.73 Å². The van der Waals surface area contributed by atoms with E-state index in [1.165, 1.54) is 0 Å². The molecule has 6 heteroatoms. The van der Waals surface area contributed by atoms with E-state index in [0.717, 1.165) is 25.9 Å². The zero-order chi connectivity index (χ0) is 14.0. The van der Waals surface area contributed by atoms with Crippen LogP contribution in [0, 0.1) is 0 Å². The summed E-state index contributed by atoms with van der Waals surface area (Å²) in [5.41, 5.74) is 8.26. The molecule has 3 N–H and O–H groups in total. The van der Waals surface area contributed by atoms with Crippen LogP contribution in [0.15, 0.2) is 45.3 Å². The highest BCUT2D eigenvalue weighted by molar-refractivity contribution is 9.11. The zero-order valence-corrected chi connectivity index (χ0v) is 14.3. The molecule has 0 unspecified atom stereocenters. The number of halogens is 3. The molecule has 0 aromatic heterocycles. The van der Waals surface area contributed by atoms with Gasteiger partial charge in [-0.2, -0.15) is 0 Å². The minimum absolute atomic E-state index is 0.375. The number of anilines is 2. The number of nitrogens with two attached hydrogens (primary N) is 1. The van der Waals surface area contributed by atoms with Gasteiger partial charge in [0.25, 0.3) is 0 Å². The SMILES string of the molecule is NC(=S)c1ccc(Nc2ccc(Cl)cc2Br)c(Br)c1. The maximum absolute atomic E-state index is 5.91. The van der Waals surface area contributed by atoms with Crippen molar-refractivity contribution in [3.8, 4) is 0 Å². The van der Waals surface area contributed by atoms with Crippen molar-refractivity contribution in [3.05, 3.63) is 55.9 Å². The van der Waals surface area contributed by atoms with Crippen molar-refractivity contribution in [1.29, 1.82) is 0 Å². The molecule has 0 aliphatic heterocycles. The summed E-state index contributed by atoms with van der Waals surface area (Å²) in [6.07, 6.45) is 0. The van der Waals surface area contributed by atoms with Crippen LogP contribution in [0.2, 0.25) is 5.02 Å². The van der Waals surface area contributed by atoms with Crippen molar-refractivity contribution in [3.63, 3.8) is 0 Å². The molecular formula is C13H9Br2ClN2S. The van der Waals surface area contributed by atoms with Crippen molar-refractivity contribution < 1.29 is 0 Å². The van der Waals surface area contributed by atoms with Gasteiger partial charge >= 0.3 is 0 Å². The first-order valence-corrected chi connectivity index (χ1v) is 7.66. The predicted octanol–water partition coefficient (Wildman–Crippen LogP) is 5.24. The molecule has 2 nitrogen and oxygen atoms in total. The molecule has 0 aliphatic carbocycles. The Morgan fingerprint density at radius 3 is 2.16 bits per heavy atom. The normalized spacial score (nSPS) is 10.3. The number of hydrogen-bond acceptors (Lipinski definition) is 2. The molecule has 98 valence electrons. The van der Waals surface area contributed by atoms with E-state index in [-0.39, 0.29) is 0 Å². The standard InChI is InChI=1S/C13H9Br2ClN2S/c14-9-5-7(13(17)19)1-3-11(9)18-12-4-2-8(16)6-10(12)15/h1-6,18H,(H2,17,19). The molecule has 2 aromatic rings. The van der Waals surface area contributed by atoms with Gasteiger partial charge in [0.15, 0.2) is 0 Å². The summed E-state index contributed by atoms with van der Waals surface area (Å²) in [6, 6.07) is 11.2. The summed E-state index contributed by atoms with van der Waals surface area (Å²) >= 11 is 17.8. The van der Waals surface area contributed by atoms with Crippen LogP contribution in [-0.2, 0) is 0 Å². The summed E-state index contributed by atoms with van der Waals surface area (Å²) in [6.45, 7) is 0. The van der Waals surface area contributed by atoms with Crippen LogP contribution < -0.4 is 11.1 Å². The van der Waals surface area contributed by atoms with Crippen LogP contribution in [-0.4, -0.2) is 4.99 Å². The smallest absolute Gasteiger partial charge is 0.104 e. The minimum atomic E-state index is 0.375. The Labute approximate surface area is 138 Å². The van der Waals surface area contributed by atoms with E-state index >= 15 is 0 Å². The van der Waals surface area contributed by atoms with Gasteiger partial charge in [-0.05, 0) is 68.3 Å². The Kier molecular flexibility index (Phi) is 4.84. The molecule has 0 spiro atoms. The van der Waals surface area contributed by atoms with Crippen molar-refractivity contribution >= 4 is 72.0 Å². The Balaban J connectivity index is 2.31. The average molecular weight is 421 g/mol. The van der Waals surface area contributed by atoms with Crippen LogP contribution in [0.4, 0.5) is 11.4 Å². The molecule has 0 saturated heterocycles. The number of thiocarbonyl (C=S) groups is 1. The molecule has 19 heavy (non-hydrogen) atoms. The van der Waals surface area contributed by atoms with Crippen LogP contribution >= 0.6 is 55.7 Å². The van der Waals surface area contributed by atoms with E-state index in [0.29, 0.717) is 10.0 Å². The quantitative estimate of drug-likeness (QED) is 0.667. The van der Waals surface area contributed by atoms with E-state index in [1.54, 1.807) is 0 Å². The van der Waals surface area contributed by atoms with Crippen LogP contribution in [0.5, 0.6) is 0 Å². The molecule has 0 amide bonds. The van der Waals surface area contributed by atoms with Crippen LogP contribution in [0.1, 0.15) is 5.56 Å². The lowest BCUT2D eigenvalue weighted by atomic mass is 10.2. The maximum Gasteiger partial charge on any atom is 0.104 e. The van der Waals surface area contributed by atoms with Gasteiger partial charge in [0, 0.05) is 19.5 Å². The van der Waals surface area contributed by atoms with E-state index in [2.05, 4.69) is 37.2 Å². The lowest BCUT2D eigenvalue weighted by Gasteiger charge is -2.11. The third-order valence-corrected chi connectivity index (χ3v) is 4.24. The maximum atomic E-state index is 5.91. The zero-order valence-electron chi connectivity index (χ0n) is 9.58. The Morgan fingerprint density at radius 2 is 1.63 bits per heavy atom. The molecule has 0 aliphatic rings. The van der Waals surface area contributed by atoms with E-state index in [4.69, 9.17) is 29.6 Å². The highest BCUT2D eigenvalue weighted by Gasteiger charge is 2.06. The summed E-state index contributed by atoms with van der Waals surface area (Å²) in [7, 11) is 0. The first kappa shape index (κ1) is 14.8. The third-order valence-electron chi connectivity index (χ3n) is 2.45. The Morgan fingerprint density at radius 1 is 1.05 bits per heavy atom. The minimum Gasteiger partial charge on any atom is -0.389 e. The average Bonchev–Trinajstić information content (AvgIpc) is 2.34. The molecule has 2 aromatic carbocycles. The van der Waals surface area contributed by atoms with Crippen molar-refractivity contribution in [1.82, 2.24) is 0 Å². The lowest BCUT2D eigenvalue weighted by Crippen LogP contribution is -2.09. The van der Waals surface area contributed by atoms with Gasteiger partial charge in [-0.1, -0.05) is 23.8 Å². The van der Waals surface area contributed by atoms with E-state index in [9.17, 15) is 0 Å². The van der Waals surface area contributed by atoms with Crippen molar-refractivity contribution in [2.45, 2.75) is 0 Å². The highest BCUT2D eigenvalue weighted by Crippen LogP contribution is 2.32. The molecule has 2 rings (SSSR count). The monoisotopic (exact) mass is 418 g/mol. The Bertz CT molecular complexity index is 647. The number of benzene rings is 2. The molecule has 0 radical (unpaired) electrons. The number of nitrogens with one attached hydrogen (secondary N) is 1. The molecular weight excluding hydrogens is 411 g/mol. The second-order valence-electron chi connectivity index (χ2n) is 3.81. The summed E-state index contributed by atoms with van der Waals surface area (Å²) in [4.78, 5) is 0.375. The highest BCUT2D eigenvalue weighted by atomic mass is 79.9. The number of rotatable bonds is 3. The van der Waals surface area contributed by atoms with Crippen LogP contribution in [0.3, 0.4) is 0 Å². The lowest BCUT2D eigenvalue weighted by molar-refractivity contribution is 1.49.